The zero-order chi connectivity index (χ0) is 18.8. The molecule has 2 aromatic carbocycles. The van der Waals surface area contributed by atoms with E-state index in [1.807, 2.05) is 6.07 Å². The third-order valence-corrected chi connectivity index (χ3v) is 5.33. The first-order valence-corrected chi connectivity index (χ1v) is 8.81. The molecule has 4 aromatic rings. The van der Waals surface area contributed by atoms with Crippen LogP contribution >= 0.6 is 11.6 Å². The summed E-state index contributed by atoms with van der Waals surface area (Å²) in [5, 5.41) is 6.50. The van der Waals surface area contributed by atoms with Gasteiger partial charge in [-0.15, -0.1) is 0 Å². The number of rotatable bonds is 1. The molecular weight excluding hydrogens is 377 g/mol. The number of alkyl halides is 3. The molecule has 0 aliphatic heterocycles. The van der Waals surface area contributed by atoms with Crippen LogP contribution in [0.2, 0.25) is 5.02 Å². The Morgan fingerprint density at radius 2 is 1.74 bits per heavy atom. The van der Waals surface area contributed by atoms with E-state index in [4.69, 9.17) is 21.1 Å². The van der Waals surface area contributed by atoms with Gasteiger partial charge >= 0.3 is 6.18 Å². The van der Waals surface area contributed by atoms with Crippen molar-refractivity contribution in [2.45, 2.75) is 24.9 Å². The fourth-order valence-corrected chi connectivity index (χ4v) is 3.97. The summed E-state index contributed by atoms with van der Waals surface area (Å²) in [5.41, 5.74) is 3.25. The number of halogens is 4. The molecule has 0 bridgehead atoms. The molecule has 1 aliphatic carbocycles. The SMILES string of the molecule is FC(F)(F)c1ccc(C2Cc3noc4c3c(nc3ccc(Cl)cc34)C2)cc1. The summed E-state index contributed by atoms with van der Waals surface area (Å²) >= 11 is 6.09. The number of fused-ring (bicyclic) bond motifs is 2. The van der Waals surface area contributed by atoms with Crippen molar-refractivity contribution in [3.63, 3.8) is 0 Å². The van der Waals surface area contributed by atoms with Crippen molar-refractivity contribution in [3.05, 3.63) is 70.0 Å². The van der Waals surface area contributed by atoms with Gasteiger partial charge in [0.2, 0.25) is 0 Å². The van der Waals surface area contributed by atoms with Crippen LogP contribution in [0.25, 0.3) is 21.9 Å². The van der Waals surface area contributed by atoms with Gasteiger partial charge in [-0.1, -0.05) is 28.9 Å². The van der Waals surface area contributed by atoms with E-state index < -0.39 is 11.7 Å². The molecular formula is C20H12ClF3N2O. The lowest BCUT2D eigenvalue weighted by molar-refractivity contribution is -0.137. The van der Waals surface area contributed by atoms with Crippen LogP contribution in [0.1, 0.15) is 28.4 Å². The summed E-state index contributed by atoms with van der Waals surface area (Å²) in [5.74, 6) is 0.00494. The Labute approximate surface area is 156 Å². The van der Waals surface area contributed by atoms with E-state index in [1.54, 1.807) is 12.1 Å². The number of hydrogen-bond donors (Lipinski definition) is 0. The first-order chi connectivity index (χ1) is 12.9. The van der Waals surface area contributed by atoms with E-state index in [0.29, 0.717) is 23.4 Å². The molecule has 2 heterocycles. The predicted molar refractivity (Wildman–Crippen MR) is 95.9 cm³/mol. The second-order valence-corrected chi connectivity index (χ2v) is 7.21. The van der Waals surface area contributed by atoms with Crippen molar-refractivity contribution in [2.75, 3.05) is 0 Å². The Balaban J connectivity index is 1.58. The third-order valence-electron chi connectivity index (χ3n) is 5.10. The Morgan fingerprint density at radius 1 is 1.00 bits per heavy atom. The highest BCUT2D eigenvalue weighted by atomic mass is 35.5. The summed E-state index contributed by atoms with van der Waals surface area (Å²) in [6.07, 6.45) is -3.12. The van der Waals surface area contributed by atoms with Crippen molar-refractivity contribution < 1.29 is 17.7 Å². The van der Waals surface area contributed by atoms with Crippen LogP contribution in [0, 0.1) is 0 Å². The highest BCUT2D eigenvalue weighted by Gasteiger charge is 2.32. The van der Waals surface area contributed by atoms with Gasteiger partial charge in [-0.3, -0.25) is 4.98 Å². The molecule has 2 aromatic heterocycles. The van der Waals surface area contributed by atoms with Gasteiger partial charge in [0.25, 0.3) is 0 Å². The third kappa shape index (κ3) is 2.67. The van der Waals surface area contributed by atoms with E-state index in [0.717, 1.165) is 45.4 Å². The minimum absolute atomic E-state index is 0.00494. The van der Waals surface area contributed by atoms with E-state index in [9.17, 15) is 13.2 Å². The summed E-state index contributed by atoms with van der Waals surface area (Å²) in [6.45, 7) is 0. The van der Waals surface area contributed by atoms with Crippen LogP contribution in [0.15, 0.2) is 47.0 Å². The van der Waals surface area contributed by atoms with Crippen LogP contribution in [0.5, 0.6) is 0 Å². The Bertz CT molecular complexity index is 1180. The molecule has 0 spiro atoms. The average Bonchev–Trinajstić information content (AvgIpc) is 3.07. The second-order valence-electron chi connectivity index (χ2n) is 6.78. The smallest absolute Gasteiger partial charge is 0.355 e. The second kappa shape index (κ2) is 5.70. The Morgan fingerprint density at radius 3 is 2.48 bits per heavy atom. The highest BCUT2D eigenvalue weighted by Crippen LogP contribution is 2.39. The summed E-state index contributed by atoms with van der Waals surface area (Å²) in [7, 11) is 0. The lowest BCUT2D eigenvalue weighted by Crippen LogP contribution is -2.14. The molecule has 0 radical (unpaired) electrons. The quantitative estimate of drug-likeness (QED) is 0.405. The topological polar surface area (TPSA) is 38.9 Å². The molecule has 7 heteroatoms. The first-order valence-electron chi connectivity index (χ1n) is 8.44. The zero-order valence-corrected chi connectivity index (χ0v) is 14.6. The molecule has 0 saturated heterocycles. The molecule has 1 atom stereocenters. The van der Waals surface area contributed by atoms with Gasteiger partial charge < -0.3 is 4.52 Å². The molecule has 5 rings (SSSR count). The maximum atomic E-state index is 12.8. The molecule has 0 fully saturated rings. The molecule has 0 amide bonds. The molecule has 0 saturated carbocycles. The average molecular weight is 389 g/mol. The monoisotopic (exact) mass is 388 g/mol. The van der Waals surface area contributed by atoms with E-state index >= 15 is 0 Å². The minimum Gasteiger partial charge on any atom is -0.355 e. The maximum Gasteiger partial charge on any atom is 0.416 e. The van der Waals surface area contributed by atoms with E-state index in [-0.39, 0.29) is 5.92 Å². The van der Waals surface area contributed by atoms with Crippen LogP contribution in [-0.4, -0.2) is 10.1 Å². The van der Waals surface area contributed by atoms with Gasteiger partial charge in [0, 0.05) is 16.8 Å². The van der Waals surface area contributed by atoms with E-state index in [2.05, 4.69) is 5.16 Å². The standard InChI is InChI=1S/C20H12ClF3N2O/c21-13-5-6-15-14(9-13)19-18-16(25-15)7-11(8-17(18)26-27-19)10-1-3-12(4-2-10)20(22,23)24/h1-6,9,11H,7-8H2. The van der Waals surface area contributed by atoms with Gasteiger partial charge in [0.1, 0.15) is 0 Å². The van der Waals surface area contributed by atoms with Crippen molar-refractivity contribution in [2.24, 2.45) is 0 Å². The number of hydrogen-bond acceptors (Lipinski definition) is 3. The van der Waals surface area contributed by atoms with E-state index in [1.165, 1.54) is 12.1 Å². The van der Waals surface area contributed by atoms with Crippen molar-refractivity contribution >= 4 is 33.5 Å². The molecule has 27 heavy (non-hydrogen) atoms. The Hall–Kier alpha value is -2.60. The number of benzene rings is 2. The van der Waals surface area contributed by atoms with Gasteiger partial charge in [-0.25, -0.2) is 0 Å². The Kier molecular flexibility index (Phi) is 3.49. The van der Waals surface area contributed by atoms with Crippen LogP contribution in [-0.2, 0) is 19.0 Å². The fourth-order valence-electron chi connectivity index (χ4n) is 3.80. The molecule has 3 nitrogen and oxygen atoms in total. The van der Waals surface area contributed by atoms with Crippen LogP contribution in [0.3, 0.4) is 0 Å². The largest absolute Gasteiger partial charge is 0.416 e. The first kappa shape index (κ1) is 16.6. The maximum absolute atomic E-state index is 12.8. The highest BCUT2D eigenvalue weighted by molar-refractivity contribution is 6.31. The van der Waals surface area contributed by atoms with Crippen LogP contribution < -0.4 is 0 Å². The van der Waals surface area contributed by atoms with Gasteiger partial charge in [0.05, 0.1) is 27.9 Å². The minimum atomic E-state index is -4.34. The summed E-state index contributed by atoms with van der Waals surface area (Å²) in [6, 6.07) is 10.7. The van der Waals surface area contributed by atoms with Gasteiger partial charge in [0.15, 0.2) is 5.58 Å². The number of aromatic nitrogens is 2. The number of pyridine rings is 1. The van der Waals surface area contributed by atoms with Crippen molar-refractivity contribution in [1.29, 1.82) is 0 Å². The molecule has 1 unspecified atom stereocenters. The lowest BCUT2D eigenvalue weighted by Gasteiger charge is -2.21. The fraction of sp³-hybridized carbons (Fsp3) is 0.200. The normalized spacial score (nSPS) is 17.0. The van der Waals surface area contributed by atoms with Gasteiger partial charge in [-0.05, 0) is 48.2 Å². The summed E-state index contributed by atoms with van der Waals surface area (Å²) < 4.78 is 44.0. The van der Waals surface area contributed by atoms with Gasteiger partial charge in [-0.2, -0.15) is 13.2 Å². The molecule has 1 aliphatic rings. The number of nitrogens with zero attached hydrogens (tertiary/aromatic N) is 2. The molecule has 0 N–H and O–H groups in total. The predicted octanol–water partition coefficient (Wildman–Crippen LogP) is 5.93. The molecule has 136 valence electrons. The van der Waals surface area contributed by atoms with Crippen LogP contribution in [0.4, 0.5) is 13.2 Å². The van der Waals surface area contributed by atoms with Crippen molar-refractivity contribution in [3.8, 4) is 0 Å². The van der Waals surface area contributed by atoms with Crippen molar-refractivity contribution in [1.82, 2.24) is 10.1 Å². The lowest BCUT2D eigenvalue weighted by atomic mass is 9.83. The zero-order valence-electron chi connectivity index (χ0n) is 13.8. The summed E-state index contributed by atoms with van der Waals surface area (Å²) in [4.78, 5) is 4.74.